The van der Waals surface area contributed by atoms with Crippen LogP contribution in [0.2, 0.25) is 0 Å². The van der Waals surface area contributed by atoms with Gasteiger partial charge in [-0.15, -0.1) is 12.4 Å². The molecule has 1 N–H and O–H groups in total. The van der Waals surface area contributed by atoms with Gasteiger partial charge >= 0.3 is 0 Å². The lowest BCUT2D eigenvalue weighted by atomic mass is 10.1. The number of imidazole rings is 1. The number of nitrogens with zero attached hydrogens (tertiary/aromatic N) is 3. The van der Waals surface area contributed by atoms with Crippen molar-refractivity contribution in [2.75, 3.05) is 32.8 Å². The maximum atomic E-state index is 13.2. The van der Waals surface area contributed by atoms with Crippen molar-refractivity contribution in [2.45, 2.75) is 12.5 Å². The molecule has 0 saturated carbocycles. The van der Waals surface area contributed by atoms with E-state index in [0.29, 0.717) is 43.4 Å². The van der Waals surface area contributed by atoms with Crippen LogP contribution >= 0.6 is 12.4 Å². The van der Waals surface area contributed by atoms with Crippen molar-refractivity contribution in [3.05, 3.63) is 42.0 Å². The summed E-state index contributed by atoms with van der Waals surface area (Å²) in [4.78, 5) is 19.5. The summed E-state index contributed by atoms with van der Waals surface area (Å²) in [6.45, 7) is 3.36. The first-order valence-corrected chi connectivity index (χ1v) is 8.62. The van der Waals surface area contributed by atoms with Crippen molar-refractivity contribution < 1.29 is 14.3 Å². The molecule has 7 nitrogen and oxygen atoms in total. The van der Waals surface area contributed by atoms with Crippen LogP contribution in [-0.2, 0) is 7.05 Å². The first-order valence-electron chi connectivity index (χ1n) is 8.62. The van der Waals surface area contributed by atoms with E-state index in [1.807, 2.05) is 34.8 Å². The molecule has 2 aliphatic rings. The second kappa shape index (κ2) is 7.97. The Morgan fingerprint density at radius 2 is 2.08 bits per heavy atom. The van der Waals surface area contributed by atoms with E-state index in [-0.39, 0.29) is 24.4 Å². The van der Waals surface area contributed by atoms with Crippen molar-refractivity contribution >= 4 is 18.3 Å². The normalized spacial score (nSPS) is 19.4. The summed E-state index contributed by atoms with van der Waals surface area (Å²) >= 11 is 0. The molecular weight excluding hydrogens is 356 g/mol. The summed E-state index contributed by atoms with van der Waals surface area (Å²) < 4.78 is 13.3. The molecule has 140 valence electrons. The van der Waals surface area contributed by atoms with Gasteiger partial charge in [0.1, 0.15) is 11.9 Å². The highest BCUT2D eigenvalue weighted by atomic mass is 35.5. The number of amides is 1. The van der Waals surface area contributed by atoms with Gasteiger partial charge < -0.3 is 24.3 Å². The Hall–Kier alpha value is -2.25. The Morgan fingerprint density at radius 1 is 1.27 bits per heavy atom. The summed E-state index contributed by atoms with van der Waals surface area (Å²) in [5.74, 6) is 2.22. The van der Waals surface area contributed by atoms with Gasteiger partial charge in [0.15, 0.2) is 11.5 Å². The van der Waals surface area contributed by atoms with E-state index in [9.17, 15) is 4.79 Å². The minimum Gasteiger partial charge on any atom is -0.490 e. The van der Waals surface area contributed by atoms with E-state index in [1.54, 1.807) is 12.3 Å². The van der Waals surface area contributed by atoms with Gasteiger partial charge in [0.05, 0.1) is 13.2 Å². The first-order chi connectivity index (χ1) is 12.2. The molecule has 1 amide bonds. The largest absolute Gasteiger partial charge is 0.490 e. The van der Waals surface area contributed by atoms with Gasteiger partial charge in [-0.2, -0.15) is 0 Å². The van der Waals surface area contributed by atoms with Crippen LogP contribution in [0.5, 0.6) is 11.5 Å². The molecule has 1 fully saturated rings. The standard InChI is InChI=1S/C18H22N4O3.ClH/c1-21-7-6-20-17(21)14-12-19-5-8-22(14)18(23)13-3-4-15-16(11-13)25-10-2-9-24-15;/h3-4,6-7,11,14,19H,2,5,8-10,12H2,1H3;1H. The number of rotatable bonds is 2. The number of aryl methyl sites for hydroxylation is 1. The molecule has 4 rings (SSSR count). The number of benzene rings is 1. The number of fused-ring (bicyclic) bond motifs is 1. The maximum absolute atomic E-state index is 13.2. The predicted molar refractivity (Wildman–Crippen MR) is 99.2 cm³/mol. The molecule has 2 aliphatic heterocycles. The number of aromatic nitrogens is 2. The molecular formula is C18H23ClN4O3. The number of carbonyl (C=O) groups excluding carboxylic acids is 1. The van der Waals surface area contributed by atoms with Crippen LogP contribution in [-0.4, -0.2) is 53.2 Å². The lowest BCUT2D eigenvalue weighted by Crippen LogP contribution is -2.49. The molecule has 0 aliphatic carbocycles. The van der Waals surface area contributed by atoms with E-state index in [4.69, 9.17) is 9.47 Å². The third-order valence-electron chi connectivity index (χ3n) is 4.66. The second-order valence-corrected chi connectivity index (χ2v) is 6.33. The fourth-order valence-electron chi connectivity index (χ4n) is 3.34. The average molecular weight is 379 g/mol. The molecule has 3 heterocycles. The molecule has 8 heteroatoms. The second-order valence-electron chi connectivity index (χ2n) is 6.33. The number of hydrogen-bond acceptors (Lipinski definition) is 5. The van der Waals surface area contributed by atoms with Crippen LogP contribution in [0.1, 0.15) is 28.6 Å². The van der Waals surface area contributed by atoms with Gasteiger partial charge in [-0.25, -0.2) is 4.98 Å². The van der Waals surface area contributed by atoms with E-state index >= 15 is 0 Å². The van der Waals surface area contributed by atoms with Gasteiger partial charge in [0, 0.05) is 51.1 Å². The molecule has 2 aromatic rings. The van der Waals surface area contributed by atoms with E-state index < -0.39 is 0 Å². The Bertz CT molecular complexity index is 780. The number of halogens is 1. The Balaban J connectivity index is 0.00000196. The fourth-order valence-corrected chi connectivity index (χ4v) is 3.34. The smallest absolute Gasteiger partial charge is 0.254 e. The van der Waals surface area contributed by atoms with Crippen molar-refractivity contribution in [1.82, 2.24) is 19.8 Å². The highest BCUT2D eigenvalue weighted by molar-refractivity contribution is 5.95. The lowest BCUT2D eigenvalue weighted by Gasteiger charge is -2.35. The van der Waals surface area contributed by atoms with Gasteiger partial charge in [0.25, 0.3) is 5.91 Å². The van der Waals surface area contributed by atoms with Crippen molar-refractivity contribution in [1.29, 1.82) is 0 Å². The highest BCUT2D eigenvalue weighted by Gasteiger charge is 2.31. The summed E-state index contributed by atoms with van der Waals surface area (Å²) in [6.07, 6.45) is 4.51. The molecule has 1 aromatic carbocycles. The molecule has 1 unspecified atom stereocenters. The Labute approximate surface area is 158 Å². The first kappa shape index (κ1) is 18.5. The SMILES string of the molecule is Cl.Cn1ccnc1C1CNCCN1C(=O)c1ccc2c(c1)OCCCO2. The number of hydrogen-bond donors (Lipinski definition) is 1. The zero-order valence-corrected chi connectivity index (χ0v) is 15.5. The number of carbonyl (C=O) groups is 1. The summed E-state index contributed by atoms with van der Waals surface area (Å²) in [5, 5.41) is 3.35. The van der Waals surface area contributed by atoms with Crippen LogP contribution < -0.4 is 14.8 Å². The number of nitrogens with one attached hydrogen (secondary N) is 1. The number of ether oxygens (including phenoxy) is 2. The van der Waals surface area contributed by atoms with Gasteiger partial charge in [-0.3, -0.25) is 4.79 Å². The monoisotopic (exact) mass is 378 g/mol. The van der Waals surface area contributed by atoms with E-state index in [1.165, 1.54) is 0 Å². The maximum Gasteiger partial charge on any atom is 0.254 e. The zero-order chi connectivity index (χ0) is 17.2. The minimum atomic E-state index is -0.0859. The van der Waals surface area contributed by atoms with Crippen LogP contribution in [0.3, 0.4) is 0 Å². The van der Waals surface area contributed by atoms with Gasteiger partial charge in [0.2, 0.25) is 0 Å². The third-order valence-corrected chi connectivity index (χ3v) is 4.66. The molecule has 1 aromatic heterocycles. The zero-order valence-electron chi connectivity index (χ0n) is 14.7. The highest BCUT2D eigenvalue weighted by Crippen LogP contribution is 2.32. The predicted octanol–water partition coefficient (Wildman–Crippen LogP) is 1.79. The van der Waals surface area contributed by atoms with Crippen LogP contribution in [0.4, 0.5) is 0 Å². The topological polar surface area (TPSA) is 68.6 Å². The fraction of sp³-hybridized carbons (Fsp3) is 0.444. The molecule has 1 saturated heterocycles. The van der Waals surface area contributed by atoms with Crippen molar-refractivity contribution in [3.8, 4) is 11.5 Å². The molecule has 26 heavy (non-hydrogen) atoms. The van der Waals surface area contributed by atoms with Gasteiger partial charge in [-0.05, 0) is 18.2 Å². The molecule has 1 atom stereocenters. The molecule has 0 bridgehead atoms. The third kappa shape index (κ3) is 3.50. The van der Waals surface area contributed by atoms with Gasteiger partial charge in [-0.1, -0.05) is 0 Å². The quantitative estimate of drug-likeness (QED) is 0.862. The Kier molecular flexibility index (Phi) is 5.68. The average Bonchev–Trinajstić information content (AvgIpc) is 2.93. The van der Waals surface area contributed by atoms with E-state index in [2.05, 4.69) is 10.3 Å². The summed E-state index contributed by atoms with van der Waals surface area (Å²) in [5.41, 5.74) is 0.616. The summed E-state index contributed by atoms with van der Waals surface area (Å²) in [7, 11) is 1.95. The van der Waals surface area contributed by atoms with Crippen LogP contribution in [0.15, 0.2) is 30.6 Å². The lowest BCUT2D eigenvalue weighted by molar-refractivity contribution is 0.0620. The minimum absolute atomic E-state index is 0. The summed E-state index contributed by atoms with van der Waals surface area (Å²) in [6, 6.07) is 5.34. The van der Waals surface area contributed by atoms with Crippen molar-refractivity contribution in [2.24, 2.45) is 7.05 Å². The van der Waals surface area contributed by atoms with E-state index in [0.717, 1.165) is 18.8 Å². The van der Waals surface area contributed by atoms with Crippen LogP contribution in [0, 0.1) is 0 Å². The van der Waals surface area contributed by atoms with Crippen LogP contribution in [0.25, 0.3) is 0 Å². The molecule has 0 spiro atoms. The Morgan fingerprint density at radius 3 is 2.85 bits per heavy atom. The number of piperazine rings is 1. The van der Waals surface area contributed by atoms with Crippen molar-refractivity contribution in [3.63, 3.8) is 0 Å². The molecule has 0 radical (unpaired) electrons.